The van der Waals surface area contributed by atoms with E-state index in [-0.39, 0.29) is 0 Å². The number of nitrogen functional groups attached to an aromatic ring is 1. The summed E-state index contributed by atoms with van der Waals surface area (Å²) >= 11 is 6.36. The molecule has 2 nitrogen and oxygen atoms in total. The Morgan fingerprint density at radius 2 is 1.88 bits per heavy atom. The number of aryl methyl sites for hydroxylation is 1. The van der Waals surface area contributed by atoms with Crippen LogP contribution in [0.5, 0.6) is 0 Å². The van der Waals surface area contributed by atoms with Crippen molar-refractivity contribution in [2.75, 3.05) is 5.73 Å². The predicted molar refractivity (Wildman–Crippen MR) is 72.2 cm³/mol. The third-order valence-electron chi connectivity index (χ3n) is 3.38. The Bertz CT molecular complexity index is 540. The van der Waals surface area contributed by atoms with Gasteiger partial charge in [0.1, 0.15) is 0 Å². The van der Waals surface area contributed by atoms with Crippen LogP contribution in [0.2, 0.25) is 5.02 Å². The normalized spacial score (nSPS) is 14.6. The number of aromatic nitrogens is 1. The maximum Gasteiger partial charge on any atom is 0.0671 e. The number of fused-ring (bicyclic) bond motifs is 1. The lowest BCUT2D eigenvalue weighted by Gasteiger charge is -2.18. The van der Waals surface area contributed by atoms with Crippen LogP contribution in [0.1, 0.15) is 18.5 Å². The molecule has 0 saturated heterocycles. The van der Waals surface area contributed by atoms with Gasteiger partial charge in [0.2, 0.25) is 0 Å². The standard InChI is InChI=1S/C14H15ClN2/c15-13-9-12-3-1-2-8-17(12)14(13)10-4-6-11(16)7-5-10/h4-7,9H,1-3,8,16H2. The molecule has 17 heavy (non-hydrogen) atoms. The molecule has 3 rings (SSSR count). The largest absolute Gasteiger partial charge is 0.399 e. The third kappa shape index (κ3) is 1.83. The van der Waals surface area contributed by atoms with Crippen molar-refractivity contribution in [3.05, 3.63) is 41.0 Å². The topological polar surface area (TPSA) is 30.9 Å². The molecule has 0 radical (unpaired) electrons. The van der Waals surface area contributed by atoms with E-state index >= 15 is 0 Å². The number of hydrogen-bond donors (Lipinski definition) is 1. The molecular weight excluding hydrogens is 232 g/mol. The molecular formula is C14H15ClN2. The van der Waals surface area contributed by atoms with Crippen molar-refractivity contribution in [2.24, 2.45) is 0 Å². The molecule has 0 amide bonds. The molecule has 2 heterocycles. The summed E-state index contributed by atoms with van der Waals surface area (Å²) in [5.74, 6) is 0. The van der Waals surface area contributed by atoms with Crippen molar-refractivity contribution in [2.45, 2.75) is 25.8 Å². The Morgan fingerprint density at radius 1 is 1.12 bits per heavy atom. The summed E-state index contributed by atoms with van der Waals surface area (Å²) in [4.78, 5) is 0. The van der Waals surface area contributed by atoms with Crippen LogP contribution >= 0.6 is 11.6 Å². The van der Waals surface area contributed by atoms with Crippen molar-refractivity contribution < 1.29 is 0 Å². The second-order valence-electron chi connectivity index (χ2n) is 4.56. The second-order valence-corrected chi connectivity index (χ2v) is 4.97. The van der Waals surface area contributed by atoms with Crippen LogP contribution in [0.3, 0.4) is 0 Å². The highest BCUT2D eigenvalue weighted by Crippen LogP contribution is 2.34. The fourth-order valence-electron chi connectivity index (χ4n) is 2.54. The van der Waals surface area contributed by atoms with Gasteiger partial charge in [-0.3, -0.25) is 0 Å². The minimum atomic E-state index is 0.787. The van der Waals surface area contributed by atoms with Crippen LogP contribution in [0.25, 0.3) is 11.3 Å². The van der Waals surface area contributed by atoms with E-state index in [0.29, 0.717) is 0 Å². The first kappa shape index (κ1) is 10.7. The smallest absolute Gasteiger partial charge is 0.0671 e. The Kier molecular flexibility index (Phi) is 2.60. The van der Waals surface area contributed by atoms with Gasteiger partial charge in [0.05, 0.1) is 10.7 Å². The zero-order valence-corrected chi connectivity index (χ0v) is 10.4. The summed E-state index contributed by atoms with van der Waals surface area (Å²) < 4.78 is 2.34. The zero-order valence-electron chi connectivity index (χ0n) is 9.62. The molecule has 3 heteroatoms. The number of rotatable bonds is 1. The molecule has 2 aromatic rings. The number of anilines is 1. The summed E-state index contributed by atoms with van der Waals surface area (Å²) in [5.41, 5.74) is 10.1. The van der Waals surface area contributed by atoms with E-state index in [4.69, 9.17) is 17.3 Å². The first-order chi connectivity index (χ1) is 8.25. The summed E-state index contributed by atoms with van der Waals surface area (Å²) in [6.07, 6.45) is 3.64. The molecule has 0 unspecified atom stereocenters. The van der Waals surface area contributed by atoms with Crippen LogP contribution in [0.15, 0.2) is 30.3 Å². The van der Waals surface area contributed by atoms with E-state index in [1.807, 2.05) is 24.3 Å². The first-order valence-corrected chi connectivity index (χ1v) is 6.37. The van der Waals surface area contributed by atoms with E-state index in [2.05, 4.69) is 10.6 Å². The highest BCUT2D eigenvalue weighted by atomic mass is 35.5. The lowest BCUT2D eigenvalue weighted by molar-refractivity contribution is 0.537. The lowest BCUT2D eigenvalue weighted by atomic mass is 10.1. The van der Waals surface area contributed by atoms with E-state index in [0.717, 1.165) is 34.9 Å². The second kappa shape index (κ2) is 4.11. The van der Waals surface area contributed by atoms with E-state index in [9.17, 15) is 0 Å². The summed E-state index contributed by atoms with van der Waals surface area (Å²) in [6, 6.07) is 10.0. The lowest BCUT2D eigenvalue weighted by Crippen LogP contribution is -2.10. The molecule has 1 aromatic carbocycles. The van der Waals surface area contributed by atoms with Crippen LogP contribution in [0, 0.1) is 0 Å². The van der Waals surface area contributed by atoms with Crippen LogP contribution in [-0.2, 0) is 13.0 Å². The molecule has 0 spiro atoms. The molecule has 1 aliphatic heterocycles. The maximum absolute atomic E-state index is 6.36. The summed E-state index contributed by atoms with van der Waals surface area (Å²) in [5, 5.41) is 0.853. The van der Waals surface area contributed by atoms with E-state index in [1.54, 1.807) is 0 Å². The number of hydrogen-bond acceptors (Lipinski definition) is 1. The minimum Gasteiger partial charge on any atom is -0.399 e. The third-order valence-corrected chi connectivity index (χ3v) is 3.67. The van der Waals surface area contributed by atoms with Crippen LogP contribution in [0.4, 0.5) is 5.69 Å². The number of halogens is 1. The average molecular weight is 247 g/mol. The van der Waals surface area contributed by atoms with Gasteiger partial charge < -0.3 is 10.3 Å². The SMILES string of the molecule is Nc1ccc(-c2c(Cl)cc3n2CCCC3)cc1. The Labute approximate surface area is 106 Å². The molecule has 0 atom stereocenters. The van der Waals surface area contributed by atoms with Gasteiger partial charge in [0.25, 0.3) is 0 Å². The molecule has 0 aliphatic carbocycles. The Morgan fingerprint density at radius 3 is 2.65 bits per heavy atom. The van der Waals surface area contributed by atoms with Crippen molar-refractivity contribution in [3.8, 4) is 11.3 Å². The molecule has 88 valence electrons. The molecule has 1 aliphatic rings. The van der Waals surface area contributed by atoms with Gasteiger partial charge in [-0.1, -0.05) is 23.7 Å². The average Bonchev–Trinajstić information content (AvgIpc) is 2.66. The zero-order chi connectivity index (χ0) is 11.8. The fraction of sp³-hybridized carbons (Fsp3) is 0.286. The van der Waals surface area contributed by atoms with Crippen LogP contribution in [-0.4, -0.2) is 4.57 Å². The van der Waals surface area contributed by atoms with E-state index < -0.39 is 0 Å². The molecule has 1 aromatic heterocycles. The van der Waals surface area contributed by atoms with Crippen molar-refractivity contribution in [3.63, 3.8) is 0 Å². The van der Waals surface area contributed by atoms with Gasteiger partial charge in [0.15, 0.2) is 0 Å². The molecule has 0 fully saturated rings. The van der Waals surface area contributed by atoms with Gasteiger partial charge in [-0.05, 0) is 43.0 Å². The Balaban J connectivity index is 2.13. The molecule has 0 saturated carbocycles. The van der Waals surface area contributed by atoms with Gasteiger partial charge in [-0.2, -0.15) is 0 Å². The highest BCUT2D eigenvalue weighted by Gasteiger charge is 2.17. The van der Waals surface area contributed by atoms with Crippen molar-refractivity contribution >= 4 is 17.3 Å². The summed E-state index contributed by atoms with van der Waals surface area (Å²) in [7, 11) is 0. The monoisotopic (exact) mass is 246 g/mol. The van der Waals surface area contributed by atoms with Crippen molar-refractivity contribution in [1.29, 1.82) is 0 Å². The predicted octanol–water partition coefficient (Wildman–Crippen LogP) is 3.73. The van der Waals surface area contributed by atoms with Crippen LogP contribution < -0.4 is 5.73 Å². The van der Waals surface area contributed by atoms with Gasteiger partial charge in [-0.15, -0.1) is 0 Å². The van der Waals surface area contributed by atoms with Gasteiger partial charge >= 0.3 is 0 Å². The molecule has 0 bridgehead atoms. The van der Waals surface area contributed by atoms with Gasteiger partial charge in [0, 0.05) is 17.9 Å². The summed E-state index contributed by atoms with van der Waals surface area (Å²) in [6.45, 7) is 1.07. The number of nitrogens with two attached hydrogens (primary N) is 1. The van der Waals surface area contributed by atoms with E-state index in [1.165, 1.54) is 18.5 Å². The molecule has 2 N–H and O–H groups in total. The van der Waals surface area contributed by atoms with Gasteiger partial charge in [-0.25, -0.2) is 0 Å². The fourth-order valence-corrected chi connectivity index (χ4v) is 2.88. The van der Waals surface area contributed by atoms with Crippen molar-refractivity contribution in [1.82, 2.24) is 4.57 Å². The quantitative estimate of drug-likeness (QED) is 0.764. The first-order valence-electron chi connectivity index (χ1n) is 5.99. The maximum atomic E-state index is 6.36. The number of nitrogens with zero attached hydrogens (tertiary/aromatic N) is 1. The highest BCUT2D eigenvalue weighted by molar-refractivity contribution is 6.33. The minimum absolute atomic E-state index is 0.787. The Hall–Kier alpha value is -1.41. The number of benzene rings is 1.